The normalized spacial score (nSPS) is 11.9. The van der Waals surface area contributed by atoms with Crippen LogP contribution < -0.4 is 0 Å². The summed E-state index contributed by atoms with van der Waals surface area (Å²) < 4.78 is 13.8. The van der Waals surface area contributed by atoms with Gasteiger partial charge in [0, 0.05) is 6.54 Å². The highest BCUT2D eigenvalue weighted by Crippen LogP contribution is 2.25. The molecule has 5 heteroatoms. The third-order valence-electron chi connectivity index (χ3n) is 3.09. The molecule has 0 unspecified atom stereocenters. The zero-order valence-corrected chi connectivity index (χ0v) is 12.3. The lowest BCUT2D eigenvalue weighted by atomic mass is 10.0. The molecule has 1 aromatic rings. The summed E-state index contributed by atoms with van der Waals surface area (Å²) in [6, 6.07) is 4.77. The van der Waals surface area contributed by atoms with Crippen molar-refractivity contribution in [2.75, 3.05) is 6.54 Å². The number of halogens is 2. The maximum atomic E-state index is 13.4. The van der Waals surface area contributed by atoms with E-state index in [4.69, 9.17) is 0 Å². The average molecular weight is 318 g/mol. The van der Waals surface area contributed by atoms with Crippen LogP contribution >= 0.6 is 15.9 Å². The van der Waals surface area contributed by atoms with Gasteiger partial charge in [0.15, 0.2) is 0 Å². The molecule has 0 aliphatic carbocycles. The molecule has 0 aliphatic rings. The Bertz CT molecular complexity index is 449. The largest absolute Gasteiger partial charge is 0.480 e. The van der Waals surface area contributed by atoms with Gasteiger partial charge in [-0.15, -0.1) is 0 Å². The Kier molecular flexibility index (Phi) is 4.87. The Morgan fingerprint density at radius 2 is 2.11 bits per heavy atom. The molecule has 0 bridgehead atoms. The molecule has 0 atom stereocenters. The van der Waals surface area contributed by atoms with Crippen LogP contribution in [0.2, 0.25) is 0 Å². The first kappa shape index (κ1) is 15.1. The highest BCUT2D eigenvalue weighted by atomic mass is 79.9. The maximum Gasteiger partial charge on any atom is 0.323 e. The van der Waals surface area contributed by atoms with Crippen LogP contribution in [0.5, 0.6) is 0 Å². The molecule has 1 rings (SSSR count). The SMILES string of the molecule is CCN(Cc1cccc(F)c1Br)C(C)(C)C(=O)O. The first-order valence-corrected chi connectivity index (χ1v) is 6.51. The molecular weight excluding hydrogens is 301 g/mol. The van der Waals surface area contributed by atoms with E-state index < -0.39 is 11.5 Å². The van der Waals surface area contributed by atoms with Gasteiger partial charge in [-0.2, -0.15) is 0 Å². The van der Waals surface area contributed by atoms with Crippen molar-refractivity contribution in [1.29, 1.82) is 0 Å². The van der Waals surface area contributed by atoms with Crippen LogP contribution in [-0.4, -0.2) is 28.1 Å². The van der Waals surface area contributed by atoms with E-state index in [9.17, 15) is 14.3 Å². The second-order valence-electron chi connectivity index (χ2n) is 4.59. The maximum absolute atomic E-state index is 13.4. The molecule has 18 heavy (non-hydrogen) atoms. The van der Waals surface area contributed by atoms with Crippen molar-refractivity contribution in [2.45, 2.75) is 32.9 Å². The topological polar surface area (TPSA) is 40.5 Å². The molecule has 0 amide bonds. The molecule has 0 saturated carbocycles. The Morgan fingerprint density at radius 1 is 1.50 bits per heavy atom. The summed E-state index contributed by atoms with van der Waals surface area (Å²) in [7, 11) is 0. The van der Waals surface area contributed by atoms with E-state index in [0.717, 1.165) is 5.56 Å². The molecule has 0 heterocycles. The molecule has 1 aromatic carbocycles. The van der Waals surface area contributed by atoms with Crippen LogP contribution in [0.1, 0.15) is 26.3 Å². The van der Waals surface area contributed by atoms with E-state index in [1.165, 1.54) is 6.07 Å². The number of hydrogen-bond donors (Lipinski definition) is 1. The summed E-state index contributed by atoms with van der Waals surface area (Å²) in [6.45, 7) is 6.13. The highest BCUT2D eigenvalue weighted by Gasteiger charge is 2.33. The van der Waals surface area contributed by atoms with Gasteiger partial charge in [-0.05, 0) is 48.0 Å². The Balaban J connectivity index is 3.00. The third kappa shape index (κ3) is 3.09. The van der Waals surface area contributed by atoms with Crippen LogP contribution in [0.25, 0.3) is 0 Å². The number of likely N-dealkylation sites (N-methyl/N-ethyl adjacent to an activating group) is 1. The zero-order chi connectivity index (χ0) is 13.9. The van der Waals surface area contributed by atoms with Crippen molar-refractivity contribution < 1.29 is 14.3 Å². The van der Waals surface area contributed by atoms with E-state index in [1.807, 2.05) is 6.92 Å². The number of rotatable bonds is 5. The lowest BCUT2D eigenvalue weighted by Gasteiger charge is -2.34. The van der Waals surface area contributed by atoms with Gasteiger partial charge in [-0.3, -0.25) is 9.69 Å². The Hall–Kier alpha value is -0.940. The quantitative estimate of drug-likeness (QED) is 0.906. The smallest absolute Gasteiger partial charge is 0.323 e. The fourth-order valence-electron chi connectivity index (χ4n) is 1.72. The molecular formula is C13H17BrFNO2. The number of carboxylic acid groups (broad SMARTS) is 1. The molecule has 0 aromatic heterocycles. The first-order valence-electron chi connectivity index (χ1n) is 5.72. The number of nitrogens with zero attached hydrogens (tertiary/aromatic N) is 1. The number of benzene rings is 1. The van der Waals surface area contributed by atoms with Crippen molar-refractivity contribution in [3.05, 3.63) is 34.1 Å². The molecule has 0 spiro atoms. The molecule has 0 aliphatic heterocycles. The number of aliphatic carboxylic acids is 1. The van der Waals surface area contributed by atoms with Gasteiger partial charge >= 0.3 is 5.97 Å². The van der Waals surface area contributed by atoms with E-state index in [-0.39, 0.29) is 5.82 Å². The van der Waals surface area contributed by atoms with Gasteiger partial charge < -0.3 is 5.11 Å². The number of carboxylic acids is 1. The summed E-state index contributed by atoms with van der Waals surface area (Å²) in [6.07, 6.45) is 0. The van der Waals surface area contributed by atoms with E-state index in [1.54, 1.807) is 30.9 Å². The summed E-state index contributed by atoms with van der Waals surface area (Å²) in [5.74, 6) is -1.23. The average Bonchev–Trinajstić information content (AvgIpc) is 2.30. The minimum absolute atomic E-state index is 0.336. The van der Waals surface area contributed by atoms with Crippen LogP contribution in [0.15, 0.2) is 22.7 Å². The monoisotopic (exact) mass is 317 g/mol. The molecule has 1 N–H and O–H groups in total. The fraction of sp³-hybridized carbons (Fsp3) is 0.462. The summed E-state index contributed by atoms with van der Waals surface area (Å²) in [5, 5.41) is 9.22. The Morgan fingerprint density at radius 3 is 2.61 bits per heavy atom. The van der Waals surface area contributed by atoms with Gasteiger partial charge in [-0.25, -0.2) is 4.39 Å². The van der Waals surface area contributed by atoms with Crippen molar-refractivity contribution in [3.63, 3.8) is 0 Å². The minimum atomic E-state index is -0.986. The minimum Gasteiger partial charge on any atom is -0.480 e. The summed E-state index contributed by atoms with van der Waals surface area (Å²) >= 11 is 3.19. The zero-order valence-electron chi connectivity index (χ0n) is 10.7. The molecule has 0 saturated heterocycles. The molecule has 100 valence electrons. The second kappa shape index (κ2) is 5.80. The van der Waals surface area contributed by atoms with E-state index >= 15 is 0 Å². The van der Waals surface area contributed by atoms with Crippen molar-refractivity contribution in [3.8, 4) is 0 Å². The lowest BCUT2D eigenvalue weighted by molar-refractivity contribution is -0.149. The first-order chi connectivity index (χ1) is 8.30. The number of hydrogen-bond acceptors (Lipinski definition) is 2. The molecule has 3 nitrogen and oxygen atoms in total. The van der Waals surface area contributed by atoms with Gasteiger partial charge in [-0.1, -0.05) is 19.1 Å². The lowest BCUT2D eigenvalue weighted by Crippen LogP contribution is -2.49. The predicted molar refractivity (Wildman–Crippen MR) is 71.9 cm³/mol. The third-order valence-corrected chi connectivity index (χ3v) is 3.98. The van der Waals surface area contributed by atoms with Crippen LogP contribution in [0.4, 0.5) is 4.39 Å². The standard InChI is InChI=1S/C13H17BrFNO2/c1-4-16(13(2,3)12(17)18)8-9-6-5-7-10(15)11(9)14/h5-7H,4,8H2,1-3H3,(H,17,18). The van der Waals surface area contributed by atoms with Crippen LogP contribution in [0, 0.1) is 5.82 Å². The second-order valence-corrected chi connectivity index (χ2v) is 5.38. The Labute approximate surface area is 115 Å². The van der Waals surface area contributed by atoms with Crippen LogP contribution in [0.3, 0.4) is 0 Å². The summed E-state index contributed by atoms with van der Waals surface area (Å²) in [5.41, 5.74) is -0.244. The van der Waals surface area contributed by atoms with Gasteiger partial charge in [0.2, 0.25) is 0 Å². The van der Waals surface area contributed by atoms with Crippen molar-refractivity contribution in [1.82, 2.24) is 4.90 Å². The van der Waals surface area contributed by atoms with Gasteiger partial charge in [0.1, 0.15) is 11.4 Å². The summed E-state index contributed by atoms with van der Waals surface area (Å²) in [4.78, 5) is 13.0. The van der Waals surface area contributed by atoms with Crippen molar-refractivity contribution >= 4 is 21.9 Å². The number of carbonyl (C=O) groups is 1. The van der Waals surface area contributed by atoms with E-state index in [2.05, 4.69) is 15.9 Å². The fourth-order valence-corrected chi connectivity index (χ4v) is 2.11. The van der Waals surface area contributed by atoms with E-state index in [0.29, 0.717) is 17.6 Å². The van der Waals surface area contributed by atoms with Gasteiger partial charge in [0.05, 0.1) is 4.47 Å². The molecule has 0 radical (unpaired) electrons. The predicted octanol–water partition coefficient (Wildman–Crippen LogP) is 3.27. The highest BCUT2D eigenvalue weighted by molar-refractivity contribution is 9.10. The van der Waals surface area contributed by atoms with Crippen molar-refractivity contribution in [2.24, 2.45) is 0 Å². The van der Waals surface area contributed by atoms with Crippen LogP contribution in [-0.2, 0) is 11.3 Å². The van der Waals surface area contributed by atoms with Gasteiger partial charge in [0.25, 0.3) is 0 Å². The molecule has 0 fully saturated rings.